The van der Waals surface area contributed by atoms with Crippen molar-refractivity contribution in [1.82, 2.24) is 4.90 Å². The normalized spacial score (nSPS) is 16.1. The van der Waals surface area contributed by atoms with Crippen molar-refractivity contribution in [1.29, 1.82) is 0 Å². The van der Waals surface area contributed by atoms with Crippen molar-refractivity contribution in [3.63, 3.8) is 0 Å². The molecule has 0 atom stereocenters. The molecule has 0 N–H and O–H groups in total. The van der Waals surface area contributed by atoms with E-state index in [-0.39, 0.29) is 0 Å². The molecule has 1 aromatic carbocycles. The van der Waals surface area contributed by atoms with E-state index in [0.717, 1.165) is 25.9 Å². The minimum atomic E-state index is 0.302. The van der Waals surface area contributed by atoms with Crippen LogP contribution in [0.4, 0.5) is 0 Å². The summed E-state index contributed by atoms with van der Waals surface area (Å²) in [5.74, 6) is 0.302. The number of carbonyl (C=O) groups is 1. The molecule has 1 aliphatic rings. The number of rotatable bonds is 2. The summed E-state index contributed by atoms with van der Waals surface area (Å²) >= 11 is 0. The zero-order valence-corrected chi connectivity index (χ0v) is 9.42. The van der Waals surface area contributed by atoms with Gasteiger partial charge in [-0.3, -0.25) is 4.79 Å². The first-order valence-electron chi connectivity index (χ1n) is 5.51. The molecular formula is C13H17NO. The summed E-state index contributed by atoms with van der Waals surface area (Å²) < 4.78 is 0. The lowest BCUT2D eigenvalue weighted by atomic mass is 10.1. The molecule has 1 amide bonds. The van der Waals surface area contributed by atoms with Gasteiger partial charge in [-0.1, -0.05) is 23.8 Å². The summed E-state index contributed by atoms with van der Waals surface area (Å²) in [6.07, 6.45) is 1.74. The maximum Gasteiger partial charge on any atom is 0.222 e. The second kappa shape index (κ2) is 4.05. The minimum Gasteiger partial charge on any atom is -0.338 e. The van der Waals surface area contributed by atoms with Crippen molar-refractivity contribution in [2.24, 2.45) is 0 Å². The number of carbonyl (C=O) groups excluding carboxylic acids is 1. The van der Waals surface area contributed by atoms with Crippen LogP contribution in [0.2, 0.25) is 0 Å². The Labute approximate surface area is 90.9 Å². The van der Waals surface area contributed by atoms with Crippen LogP contribution in [-0.4, -0.2) is 17.4 Å². The molecule has 0 unspecified atom stereocenters. The third kappa shape index (κ3) is 2.20. The van der Waals surface area contributed by atoms with E-state index in [2.05, 4.69) is 32.0 Å². The van der Waals surface area contributed by atoms with Gasteiger partial charge in [-0.15, -0.1) is 0 Å². The largest absolute Gasteiger partial charge is 0.338 e. The summed E-state index contributed by atoms with van der Waals surface area (Å²) in [6, 6.07) is 6.43. The smallest absolute Gasteiger partial charge is 0.222 e. The van der Waals surface area contributed by atoms with E-state index >= 15 is 0 Å². The van der Waals surface area contributed by atoms with Crippen LogP contribution in [0.25, 0.3) is 0 Å². The second-order valence-corrected chi connectivity index (χ2v) is 4.35. The first-order valence-corrected chi connectivity index (χ1v) is 5.51. The van der Waals surface area contributed by atoms with Crippen LogP contribution in [0.5, 0.6) is 0 Å². The Morgan fingerprint density at radius 1 is 1.33 bits per heavy atom. The van der Waals surface area contributed by atoms with E-state index in [4.69, 9.17) is 0 Å². The SMILES string of the molecule is Cc1ccc(C)c(CN2CCCC2=O)c1. The van der Waals surface area contributed by atoms with Gasteiger partial charge in [0.15, 0.2) is 0 Å². The molecule has 1 aromatic rings. The molecule has 1 fully saturated rings. The number of likely N-dealkylation sites (tertiary alicyclic amines) is 1. The Bertz CT molecular complexity index is 384. The number of benzene rings is 1. The summed E-state index contributed by atoms with van der Waals surface area (Å²) in [6.45, 7) is 5.91. The molecule has 0 spiro atoms. The van der Waals surface area contributed by atoms with Crippen molar-refractivity contribution in [3.05, 3.63) is 34.9 Å². The molecule has 0 radical (unpaired) electrons. The van der Waals surface area contributed by atoms with Gasteiger partial charge in [0.05, 0.1) is 0 Å². The molecule has 2 rings (SSSR count). The van der Waals surface area contributed by atoms with E-state index in [9.17, 15) is 4.79 Å². The van der Waals surface area contributed by atoms with E-state index in [1.54, 1.807) is 0 Å². The molecule has 0 aromatic heterocycles. The third-order valence-electron chi connectivity index (χ3n) is 3.04. The monoisotopic (exact) mass is 203 g/mol. The molecular weight excluding hydrogens is 186 g/mol. The molecule has 2 nitrogen and oxygen atoms in total. The lowest BCUT2D eigenvalue weighted by Gasteiger charge is -2.17. The van der Waals surface area contributed by atoms with Crippen LogP contribution in [0, 0.1) is 13.8 Å². The maximum atomic E-state index is 11.5. The van der Waals surface area contributed by atoms with Gasteiger partial charge in [0.2, 0.25) is 5.91 Å². The Kier molecular flexibility index (Phi) is 2.76. The first-order chi connectivity index (χ1) is 7.16. The third-order valence-corrected chi connectivity index (χ3v) is 3.04. The molecule has 0 bridgehead atoms. The van der Waals surface area contributed by atoms with Gasteiger partial charge >= 0.3 is 0 Å². The molecule has 0 aliphatic carbocycles. The highest BCUT2D eigenvalue weighted by Gasteiger charge is 2.20. The Balaban J connectivity index is 2.16. The van der Waals surface area contributed by atoms with E-state index in [1.807, 2.05) is 4.90 Å². The summed E-state index contributed by atoms with van der Waals surface area (Å²) in [4.78, 5) is 13.5. The fourth-order valence-corrected chi connectivity index (χ4v) is 2.05. The number of hydrogen-bond acceptors (Lipinski definition) is 1. The van der Waals surface area contributed by atoms with Crippen molar-refractivity contribution in [3.8, 4) is 0 Å². The highest BCUT2D eigenvalue weighted by atomic mass is 16.2. The van der Waals surface area contributed by atoms with Crippen LogP contribution >= 0.6 is 0 Å². The van der Waals surface area contributed by atoms with E-state index in [0.29, 0.717) is 5.91 Å². The predicted molar refractivity (Wildman–Crippen MR) is 60.6 cm³/mol. The Hall–Kier alpha value is -1.31. The average Bonchev–Trinajstić information content (AvgIpc) is 2.58. The Morgan fingerprint density at radius 2 is 2.13 bits per heavy atom. The fourth-order valence-electron chi connectivity index (χ4n) is 2.05. The number of amides is 1. The second-order valence-electron chi connectivity index (χ2n) is 4.35. The molecule has 0 saturated carbocycles. The molecule has 80 valence electrons. The first kappa shape index (κ1) is 10.2. The summed E-state index contributed by atoms with van der Waals surface area (Å²) in [5, 5.41) is 0. The van der Waals surface area contributed by atoms with Crippen molar-refractivity contribution in [2.45, 2.75) is 33.2 Å². The van der Waals surface area contributed by atoms with Gasteiger partial charge in [0, 0.05) is 19.5 Å². The van der Waals surface area contributed by atoms with E-state index in [1.165, 1.54) is 16.7 Å². The number of aryl methyl sites for hydroxylation is 2. The highest BCUT2D eigenvalue weighted by molar-refractivity contribution is 5.78. The molecule has 15 heavy (non-hydrogen) atoms. The van der Waals surface area contributed by atoms with Crippen molar-refractivity contribution < 1.29 is 4.79 Å². The van der Waals surface area contributed by atoms with Crippen LogP contribution in [0.1, 0.15) is 29.5 Å². The van der Waals surface area contributed by atoms with Crippen molar-refractivity contribution in [2.75, 3.05) is 6.54 Å². The quantitative estimate of drug-likeness (QED) is 0.723. The lowest BCUT2D eigenvalue weighted by Crippen LogP contribution is -2.24. The minimum absolute atomic E-state index is 0.302. The standard InChI is InChI=1S/C13H17NO/c1-10-5-6-11(2)12(8-10)9-14-7-3-4-13(14)15/h5-6,8H,3-4,7,9H2,1-2H3. The van der Waals surface area contributed by atoms with Gasteiger partial charge in [0.25, 0.3) is 0 Å². The van der Waals surface area contributed by atoms with Gasteiger partial charge in [-0.05, 0) is 31.4 Å². The van der Waals surface area contributed by atoms with Gasteiger partial charge in [0.1, 0.15) is 0 Å². The summed E-state index contributed by atoms with van der Waals surface area (Å²) in [7, 11) is 0. The van der Waals surface area contributed by atoms with Crippen LogP contribution in [0.15, 0.2) is 18.2 Å². The zero-order valence-electron chi connectivity index (χ0n) is 9.42. The molecule has 2 heteroatoms. The highest BCUT2D eigenvalue weighted by Crippen LogP contribution is 2.17. The van der Waals surface area contributed by atoms with Gasteiger partial charge < -0.3 is 4.90 Å². The zero-order chi connectivity index (χ0) is 10.8. The van der Waals surface area contributed by atoms with Crippen molar-refractivity contribution >= 4 is 5.91 Å². The molecule has 1 saturated heterocycles. The van der Waals surface area contributed by atoms with Crippen LogP contribution in [0.3, 0.4) is 0 Å². The van der Waals surface area contributed by atoms with E-state index < -0.39 is 0 Å². The van der Waals surface area contributed by atoms with Crippen LogP contribution < -0.4 is 0 Å². The van der Waals surface area contributed by atoms with Gasteiger partial charge in [-0.2, -0.15) is 0 Å². The predicted octanol–water partition coefficient (Wildman–Crippen LogP) is 2.43. The molecule has 1 heterocycles. The average molecular weight is 203 g/mol. The van der Waals surface area contributed by atoms with Gasteiger partial charge in [-0.25, -0.2) is 0 Å². The molecule has 1 aliphatic heterocycles. The maximum absolute atomic E-state index is 11.5. The number of hydrogen-bond donors (Lipinski definition) is 0. The lowest BCUT2D eigenvalue weighted by molar-refractivity contribution is -0.128. The topological polar surface area (TPSA) is 20.3 Å². The van der Waals surface area contributed by atoms with Crippen LogP contribution in [-0.2, 0) is 11.3 Å². The number of nitrogens with zero attached hydrogens (tertiary/aromatic N) is 1. The fraction of sp³-hybridized carbons (Fsp3) is 0.462. The summed E-state index contributed by atoms with van der Waals surface area (Å²) in [5.41, 5.74) is 3.83. The Morgan fingerprint density at radius 3 is 2.80 bits per heavy atom.